The third kappa shape index (κ3) is 4.63. The van der Waals surface area contributed by atoms with Crippen molar-refractivity contribution < 1.29 is 8.42 Å². The lowest BCUT2D eigenvalue weighted by molar-refractivity contribution is 0.256. The normalized spacial score (nSPS) is 13.7. The fourth-order valence-electron chi connectivity index (χ4n) is 1.73. The molecule has 3 N–H and O–H groups in total. The third-order valence-corrected chi connectivity index (χ3v) is 5.13. The molecular formula is C13H22ClN3O2S. The fourth-order valence-corrected chi connectivity index (χ4v) is 3.04. The van der Waals surface area contributed by atoms with E-state index >= 15 is 0 Å². The minimum atomic E-state index is -3.60. The quantitative estimate of drug-likeness (QED) is 0.753. The number of nitrogen functional groups attached to an aromatic ring is 1. The van der Waals surface area contributed by atoms with E-state index in [4.69, 9.17) is 17.3 Å². The van der Waals surface area contributed by atoms with Crippen molar-refractivity contribution in [1.29, 1.82) is 0 Å². The van der Waals surface area contributed by atoms with Gasteiger partial charge in [0.1, 0.15) is 4.90 Å². The van der Waals surface area contributed by atoms with Crippen molar-refractivity contribution >= 4 is 27.3 Å². The highest BCUT2D eigenvalue weighted by Crippen LogP contribution is 2.22. The zero-order valence-electron chi connectivity index (χ0n) is 12.1. The lowest BCUT2D eigenvalue weighted by Crippen LogP contribution is -2.37. The second-order valence-corrected chi connectivity index (χ2v) is 6.99. The summed E-state index contributed by atoms with van der Waals surface area (Å²) in [5, 5.41) is 0.415. The van der Waals surface area contributed by atoms with Crippen LogP contribution in [0.4, 0.5) is 5.69 Å². The Balaban J connectivity index is 2.67. The van der Waals surface area contributed by atoms with E-state index in [1.807, 2.05) is 7.05 Å². The van der Waals surface area contributed by atoms with Crippen molar-refractivity contribution in [3.8, 4) is 0 Å². The van der Waals surface area contributed by atoms with Gasteiger partial charge in [-0.15, -0.1) is 0 Å². The number of hydrogen-bond acceptors (Lipinski definition) is 4. The molecule has 0 spiro atoms. The summed E-state index contributed by atoms with van der Waals surface area (Å²) in [7, 11) is -1.62. The Bertz CT molecular complexity index is 549. The molecule has 0 heterocycles. The SMILES string of the molecule is CCC(C)N(C)CCNS(=O)(=O)c1ccc(Cl)cc1N. The highest BCUT2D eigenvalue weighted by Gasteiger charge is 2.17. The van der Waals surface area contributed by atoms with E-state index in [0.717, 1.165) is 6.42 Å². The molecule has 1 aromatic carbocycles. The minimum absolute atomic E-state index is 0.0630. The Labute approximate surface area is 126 Å². The largest absolute Gasteiger partial charge is 0.398 e. The Hall–Kier alpha value is -0.820. The van der Waals surface area contributed by atoms with E-state index in [1.165, 1.54) is 18.2 Å². The predicted molar refractivity (Wildman–Crippen MR) is 83.4 cm³/mol. The van der Waals surface area contributed by atoms with Gasteiger partial charge in [-0.25, -0.2) is 13.1 Å². The summed E-state index contributed by atoms with van der Waals surface area (Å²) in [6, 6.07) is 4.78. The Morgan fingerprint density at radius 3 is 2.65 bits per heavy atom. The fraction of sp³-hybridized carbons (Fsp3) is 0.538. The first-order valence-electron chi connectivity index (χ1n) is 6.53. The summed E-state index contributed by atoms with van der Waals surface area (Å²) < 4.78 is 26.8. The molecule has 1 unspecified atom stereocenters. The van der Waals surface area contributed by atoms with Crippen molar-refractivity contribution in [2.24, 2.45) is 0 Å². The first kappa shape index (κ1) is 17.2. The van der Waals surface area contributed by atoms with Crippen LogP contribution in [0.2, 0.25) is 5.02 Å². The Morgan fingerprint density at radius 2 is 2.10 bits per heavy atom. The zero-order valence-corrected chi connectivity index (χ0v) is 13.6. The van der Waals surface area contributed by atoms with Gasteiger partial charge in [-0.2, -0.15) is 0 Å². The molecule has 20 heavy (non-hydrogen) atoms. The molecule has 0 fully saturated rings. The van der Waals surface area contributed by atoms with E-state index in [0.29, 0.717) is 24.2 Å². The maximum atomic E-state index is 12.1. The number of likely N-dealkylation sites (N-methyl/N-ethyl adjacent to an activating group) is 1. The average molecular weight is 320 g/mol. The van der Waals surface area contributed by atoms with Crippen LogP contribution in [0.5, 0.6) is 0 Å². The van der Waals surface area contributed by atoms with Crippen molar-refractivity contribution in [3.63, 3.8) is 0 Å². The van der Waals surface area contributed by atoms with Crippen LogP contribution in [0.15, 0.2) is 23.1 Å². The van der Waals surface area contributed by atoms with Gasteiger partial charge in [-0.1, -0.05) is 18.5 Å². The van der Waals surface area contributed by atoms with Crippen molar-refractivity contribution in [1.82, 2.24) is 9.62 Å². The van der Waals surface area contributed by atoms with Crippen molar-refractivity contribution in [3.05, 3.63) is 23.2 Å². The van der Waals surface area contributed by atoms with Crippen LogP contribution in [0.1, 0.15) is 20.3 Å². The van der Waals surface area contributed by atoms with Crippen LogP contribution in [0, 0.1) is 0 Å². The molecule has 0 amide bonds. The Morgan fingerprint density at radius 1 is 1.45 bits per heavy atom. The molecule has 114 valence electrons. The Kier molecular flexibility index (Phi) is 6.26. The molecule has 1 atom stereocenters. The molecule has 0 aliphatic heterocycles. The molecule has 0 aliphatic rings. The van der Waals surface area contributed by atoms with E-state index < -0.39 is 10.0 Å². The summed E-state index contributed by atoms with van der Waals surface area (Å²) >= 11 is 5.76. The predicted octanol–water partition coefficient (Wildman–Crippen LogP) is 1.93. The third-order valence-electron chi connectivity index (χ3n) is 3.36. The molecule has 7 heteroatoms. The van der Waals surface area contributed by atoms with Gasteiger partial charge in [0.15, 0.2) is 0 Å². The summed E-state index contributed by atoms with van der Waals surface area (Å²) in [4.78, 5) is 2.17. The number of halogens is 1. The van der Waals surface area contributed by atoms with Gasteiger partial charge in [0, 0.05) is 24.2 Å². The van der Waals surface area contributed by atoms with Crippen LogP contribution in [0.25, 0.3) is 0 Å². The summed E-state index contributed by atoms with van der Waals surface area (Å²) in [6.45, 7) is 5.18. The molecule has 0 saturated heterocycles. The first-order chi connectivity index (χ1) is 9.27. The average Bonchev–Trinajstić information content (AvgIpc) is 2.36. The van der Waals surface area contributed by atoms with Gasteiger partial charge in [0.2, 0.25) is 10.0 Å². The van der Waals surface area contributed by atoms with Gasteiger partial charge < -0.3 is 10.6 Å². The van der Waals surface area contributed by atoms with Crippen LogP contribution < -0.4 is 10.5 Å². The second-order valence-electron chi connectivity index (χ2n) is 4.82. The number of nitrogens with zero attached hydrogens (tertiary/aromatic N) is 1. The van der Waals surface area contributed by atoms with E-state index in [9.17, 15) is 8.42 Å². The molecule has 0 radical (unpaired) electrons. The van der Waals surface area contributed by atoms with E-state index in [-0.39, 0.29) is 10.6 Å². The van der Waals surface area contributed by atoms with Gasteiger partial charge in [-0.3, -0.25) is 0 Å². The highest BCUT2D eigenvalue weighted by molar-refractivity contribution is 7.89. The lowest BCUT2D eigenvalue weighted by atomic mass is 10.2. The summed E-state index contributed by atoms with van der Waals surface area (Å²) in [6.07, 6.45) is 1.02. The zero-order chi connectivity index (χ0) is 15.3. The molecule has 0 aliphatic carbocycles. The monoisotopic (exact) mass is 319 g/mol. The standard InChI is InChI=1S/C13H22ClN3O2S/c1-4-10(2)17(3)8-7-16-20(18,19)13-6-5-11(14)9-12(13)15/h5-6,9-10,16H,4,7-8,15H2,1-3H3. The molecule has 0 saturated carbocycles. The van der Waals surface area contributed by atoms with Gasteiger partial charge in [0.05, 0.1) is 5.69 Å². The van der Waals surface area contributed by atoms with Gasteiger partial charge >= 0.3 is 0 Å². The molecule has 0 bridgehead atoms. The van der Waals surface area contributed by atoms with Gasteiger partial charge in [-0.05, 0) is 38.6 Å². The molecule has 5 nitrogen and oxygen atoms in total. The highest BCUT2D eigenvalue weighted by atomic mass is 35.5. The van der Waals surface area contributed by atoms with Crippen LogP contribution in [-0.2, 0) is 10.0 Å². The minimum Gasteiger partial charge on any atom is -0.398 e. The number of benzene rings is 1. The van der Waals surface area contributed by atoms with Crippen molar-refractivity contribution in [2.45, 2.75) is 31.2 Å². The summed E-state index contributed by atoms with van der Waals surface area (Å²) in [5.41, 5.74) is 5.85. The van der Waals surface area contributed by atoms with Crippen LogP contribution in [-0.4, -0.2) is 39.5 Å². The smallest absolute Gasteiger partial charge is 0.242 e. The second kappa shape index (κ2) is 7.26. The molecule has 1 aromatic rings. The number of rotatable bonds is 7. The van der Waals surface area contributed by atoms with Gasteiger partial charge in [0.25, 0.3) is 0 Å². The number of hydrogen-bond donors (Lipinski definition) is 2. The molecule has 1 rings (SSSR count). The van der Waals surface area contributed by atoms with E-state index in [1.54, 1.807) is 0 Å². The van der Waals surface area contributed by atoms with E-state index in [2.05, 4.69) is 23.5 Å². The maximum absolute atomic E-state index is 12.1. The first-order valence-corrected chi connectivity index (χ1v) is 8.39. The van der Waals surface area contributed by atoms with Crippen LogP contribution >= 0.6 is 11.6 Å². The molecule has 0 aromatic heterocycles. The topological polar surface area (TPSA) is 75.4 Å². The number of nitrogens with one attached hydrogen (secondary N) is 1. The van der Waals surface area contributed by atoms with Crippen molar-refractivity contribution in [2.75, 3.05) is 25.9 Å². The maximum Gasteiger partial charge on any atom is 0.242 e. The molecular weight excluding hydrogens is 298 g/mol. The summed E-state index contributed by atoms with van der Waals surface area (Å²) in [5.74, 6) is 0. The number of sulfonamides is 1. The lowest BCUT2D eigenvalue weighted by Gasteiger charge is -2.23. The number of nitrogens with two attached hydrogens (primary N) is 1. The number of anilines is 1. The van der Waals surface area contributed by atoms with Crippen LogP contribution in [0.3, 0.4) is 0 Å².